The summed E-state index contributed by atoms with van der Waals surface area (Å²) in [5.74, 6) is 0.945. The Hall–Kier alpha value is -1.75. The largest absolute Gasteiger partial charge is 0.399 e. The van der Waals surface area contributed by atoms with Crippen LogP contribution in [0.1, 0.15) is 23.2 Å². The standard InChI is InChI=1S/C15H22N4O/c16-13-7-12(8-14(17)9-13)15(20)19-5-3-18(4-6-19)10-11-1-2-11/h7-9,11H,1-6,10,16-17H2. The molecule has 1 heterocycles. The topological polar surface area (TPSA) is 75.6 Å². The molecule has 2 aliphatic rings. The summed E-state index contributed by atoms with van der Waals surface area (Å²) in [6.45, 7) is 4.73. The molecule has 4 N–H and O–H groups in total. The zero-order chi connectivity index (χ0) is 14.1. The van der Waals surface area contributed by atoms with Crippen molar-refractivity contribution in [1.29, 1.82) is 0 Å². The zero-order valence-electron chi connectivity index (χ0n) is 11.7. The fourth-order valence-corrected chi connectivity index (χ4v) is 2.78. The van der Waals surface area contributed by atoms with Gasteiger partial charge in [-0.25, -0.2) is 0 Å². The summed E-state index contributed by atoms with van der Waals surface area (Å²) in [5, 5.41) is 0. The lowest BCUT2D eigenvalue weighted by atomic mass is 10.1. The normalized spacial score (nSPS) is 20.1. The molecule has 2 fully saturated rings. The van der Waals surface area contributed by atoms with E-state index in [1.54, 1.807) is 18.2 Å². The van der Waals surface area contributed by atoms with Gasteiger partial charge in [-0.15, -0.1) is 0 Å². The van der Waals surface area contributed by atoms with Gasteiger partial charge in [-0.05, 0) is 37.0 Å². The van der Waals surface area contributed by atoms with Gasteiger partial charge in [0.1, 0.15) is 0 Å². The van der Waals surface area contributed by atoms with Crippen molar-refractivity contribution in [3.8, 4) is 0 Å². The number of benzene rings is 1. The van der Waals surface area contributed by atoms with Crippen molar-refractivity contribution in [3.63, 3.8) is 0 Å². The Morgan fingerprint density at radius 2 is 1.65 bits per heavy atom. The van der Waals surface area contributed by atoms with Crippen molar-refractivity contribution in [2.45, 2.75) is 12.8 Å². The minimum Gasteiger partial charge on any atom is -0.399 e. The van der Waals surface area contributed by atoms with Crippen LogP contribution in [0.4, 0.5) is 11.4 Å². The van der Waals surface area contributed by atoms with Crippen molar-refractivity contribution in [2.24, 2.45) is 5.92 Å². The SMILES string of the molecule is Nc1cc(N)cc(C(=O)N2CCN(CC3CC3)CC2)c1. The van der Waals surface area contributed by atoms with Crippen molar-refractivity contribution in [2.75, 3.05) is 44.2 Å². The van der Waals surface area contributed by atoms with E-state index < -0.39 is 0 Å². The van der Waals surface area contributed by atoms with Crippen LogP contribution in [-0.2, 0) is 0 Å². The molecule has 1 aliphatic heterocycles. The number of hydrogen-bond acceptors (Lipinski definition) is 4. The second-order valence-corrected chi connectivity index (χ2v) is 5.92. The molecule has 0 spiro atoms. The van der Waals surface area contributed by atoms with Gasteiger partial charge in [-0.1, -0.05) is 0 Å². The third-order valence-corrected chi connectivity index (χ3v) is 4.10. The number of anilines is 2. The Balaban J connectivity index is 1.60. The van der Waals surface area contributed by atoms with Crippen LogP contribution in [0.25, 0.3) is 0 Å². The van der Waals surface area contributed by atoms with E-state index in [-0.39, 0.29) is 5.91 Å². The van der Waals surface area contributed by atoms with E-state index in [0.29, 0.717) is 16.9 Å². The van der Waals surface area contributed by atoms with E-state index in [1.807, 2.05) is 4.90 Å². The van der Waals surface area contributed by atoms with Crippen LogP contribution in [-0.4, -0.2) is 48.4 Å². The number of rotatable bonds is 3. The van der Waals surface area contributed by atoms with Crippen molar-refractivity contribution >= 4 is 17.3 Å². The van der Waals surface area contributed by atoms with Crippen LogP contribution in [0, 0.1) is 5.92 Å². The smallest absolute Gasteiger partial charge is 0.254 e. The van der Waals surface area contributed by atoms with Crippen LogP contribution in [0.2, 0.25) is 0 Å². The quantitative estimate of drug-likeness (QED) is 0.807. The van der Waals surface area contributed by atoms with Gasteiger partial charge in [-0.2, -0.15) is 0 Å². The molecule has 1 saturated heterocycles. The predicted molar refractivity (Wildman–Crippen MR) is 80.3 cm³/mol. The predicted octanol–water partition coefficient (Wildman–Crippen LogP) is 1.02. The molecule has 5 nitrogen and oxygen atoms in total. The van der Waals surface area contributed by atoms with Crippen LogP contribution in [0.15, 0.2) is 18.2 Å². The lowest BCUT2D eigenvalue weighted by molar-refractivity contribution is 0.0632. The zero-order valence-corrected chi connectivity index (χ0v) is 11.7. The first-order valence-corrected chi connectivity index (χ1v) is 7.29. The summed E-state index contributed by atoms with van der Waals surface area (Å²) in [5.41, 5.74) is 13.2. The molecule has 0 aromatic heterocycles. The van der Waals surface area contributed by atoms with Gasteiger partial charge in [0, 0.05) is 49.7 Å². The number of hydrogen-bond donors (Lipinski definition) is 2. The third-order valence-electron chi connectivity index (χ3n) is 4.10. The van der Waals surface area contributed by atoms with E-state index in [2.05, 4.69) is 4.90 Å². The van der Waals surface area contributed by atoms with Crippen molar-refractivity contribution in [3.05, 3.63) is 23.8 Å². The molecule has 3 rings (SSSR count). The van der Waals surface area contributed by atoms with E-state index in [4.69, 9.17) is 11.5 Å². The molecule has 0 bridgehead atoms. The highest BCUT2D eigenvalue weighted by Crippen LogP contribution is 2.30. The minimum absolute atomic E-state index is 0.0371. The summed E-state index contributed by atoms with van der Waals surface area (Å²) in [6, 6.07) is 5.08. The van der Waals surface area contributed by atoms with E-state index in [9.17, 15) is 4.79 Å². The molecule has 108 valence electrons. The van der Waals surface area contributed by atoms with E-state index in [1.165, 1.54) is 19.4 Å². The van der Waals surface area contributed by atoms with Gasteiger partial charge in [0.25, 0.3) is 5.91 Å². The minimum atomic E-state index is 0.0371. The molecule has 1 saturated carbocycles. The van der Waals surface area contributed by atoms with E-state index in [0.717, 1.165) is 32.1 Å². The molecular weight excluding hydrogens is 252 g/mol. The Morgan fingerprint density at radius 3 is 2.20 bits per heavy atom. The Labute approximate surface area is 119 Å². The van der Waals surface area contributed by atoms with Crippen molar-refractivity contribution in [1.82, 2.24) is 9.80 Å². The summed E-state index contributed by atoms with van der Waals surface area (Å²) in [6.07, 6.45) is 2.75. The maximum absolute atomic E-state index is 12.4. The summed E-state index contributed by atoms with van der Waals surface area (Å²) < 4.78 is 0. The summed E-state index contributed by atoms with van der Waals surface area (Å²) >= 11 is 0. The number of carbonyl (C=O) groups excluding carboxylic acids is 1. The number of nitrogens with two attached hydrogens (primary N) is 2. The molecule has 1 amide bonds. The number of nitrogen functional groups attached to an aromatic ring is 2. The molecule has 0 radical (unpaired) electrons. The fraction of sp³-hybridized carbons (Fsp3) is 0.533. The maximum Gasteiger partial charge on any atom is 0.254 e. The fourth-order valence-electron chi connectivity index (χ4n) is 2.78. The first-order chi connectivity index (χ1) is 9.61. The van der Waals surface area contributed by atoms with Gasteiger partial charge in [0.05, 0.1) is 0 Å². The first-order valence-electron chi connectivity index (χ1n) is 7.29. The first kappa shape index (κ1) is 13.2. The molecule has 1 aromatic carbocycles. The monoisotopic (exact) mass is 274 g/mol. The molecule has 20 heavy (non-hydrogen) atoms. The Bertz CT molecular complexity index is 484. The van der Waals surface area contributed by atoms with Crippen LogP contribution in [0.5, 0.6) is 0 Å². The summed E-state index contributed by atoms with van der Waals surface area (Å²) in [7, 11) is 0. The number of piperazine rings is 1. The maximum atomic E-state index is 12.4. The van der Waals surface area contributed by atoms with Gasteiger partial charge in [0.15, 0.2) is 0 Å². The second-order valence-electron chi connectivity index (χ2n) is 5.92. The van der Waals surface area contributed by atoms with Gasteiger partial charge in [0.2, 0.25) is 0 Å². The van der Waals surface area contributed by atoms with Crippen molar-refractivity contribution < 1.29 is 4.79 Å². The highest BCUT2D eigenvalue weighted by molar-refractivity contribution is 5.96. The number of carbonyl (C=O) groups is 1. The average molecular weight is 274 g/mol. The van der Waals surface area contributed by atoms with Crippen LogP contribution < -0.4 is 11.5 Å². The Morgan fingerprint density at radius 1 is 1.05 bits per heavy atom. The molecule has 0 unspecified atom stereocenters. The van der Waals surface area contributed by atoms with Gasteiger partial charge >= 0.3 is 0 Å². The number of amides is 1. The average Bonchev–Trinajstić information content (AvgIpc) is 3.22. The lowest BCUT2D eigenvalue weighted by Crippen LogP contribution is -2.49. The Kier molecular flexibility index (Phi) is 3.53. The third kappa shape index (κ3) is 3.04. The van der Waals surface area contributed by atoms with Crippen LogP contribution in [0.3, 0.4) is 0 Å². The van der Waals surface area contributed by atoms with Gasteiger partial charge < -0.3 is 16.4 Å². The summed E-state index contributed by atoms with van der Waals surface area (Å²) in [4.78, 5) is 16.8. The highest BCUT2D eigenvalue weighted by Gasteiger charge is 2.28. The molecule has 0 atom stereocenters. The molecule has 1 aromatic rings. The second kappa shape index (κ2) is 5.32. The van der Waals surface area contributed by atoms with E-state index >= 15 is 0 Å². The highest BCUT2D eigenvalue weighted by atomic mass is 16.2. The molecule has 5 heteroatoms. The molecular formula is C15H22N4O. The molecule has 1 aliphatic carbocycles. The number of nitrogens with zero attached hydrogens (tertiary/aromatic N) is 2. The lowest BCUT2D eigenvalue weighted by Gasteiger charge is -2.34. The van der Waals surface area contributed by atoms with Crippen LogP contribution >= 0.6 is 0 Å². The van der Waals surface area contributed by atoms with Gasteiger partial charge in [-0.3, -0.25) is 9.69 Å².